The lowest BCUT2D eigenvalue weighted by Gasteiger charge is -2.44. The van der Waals surface area contributed by atoms with Crippen molar-refractivity contribution in [2.45, 2.75) is 31.6 Å². The van der Waals surface area contributed by atoms with Crippen molar-refractivity contribution < 1.29 is 19.1 Å². The smallest absolute Gasteiger partial charge is 0.339 e. The zero-order chi connectivity index (χ0) is 24.4. The van der Waals surface area contributed by atoms with Gasteiger partial charge in [0.1, 0.15) is 16.8 Å². The fourth-order valence-corrected chi connectivity index (χ4v) is 6.48. The minimum absolute atomic E-state index is 0.0549. The average molecular weight is 587 g/mol. The molecule has 1 atom stereocenters. The summed E-state index contributed by atoms with van der Waals surface area (Å²) in [6.07, 6.45) is 1.41. The molecule has 2 aliphatic heterocycles. The first-order valence-corrected chi connectivity index (χ1v) is 12.3. The molecule has 0 aromatic heterocycles. The van der Waals surface area contributed by atoms with Crippen molar-refractivity contribution in [3.8, 4) is 0 Å². The van der Waals surface area contributed by atoms with Gasteiger partial charge in [-0.1, -0.05) is 33.6 Å². The second-order valence-electron chi connectivity index (χ2n) is 8.53. The number of hydrogen-bond donors (Lipinski definition) is 2. The number of nitrogens with two attached hydrogens (primary N) is 1. The summed E-state index contributed by atoms with van der Waals surface area (Å²) < 4.78 is 6.71. The Hall–Kier alpha value is -2.91. The molecule has 5 rings (SSSR count). The summed E-state index contributed by atoms with van der Waals surface area (Å²) in [5, 5.41) is 2.88. The summed E-state index contributed by atoms with van der Waals surface area (Å²) in [5.41, 5.74) is 8.55. The van der Waals surface area contributed by atoms with E-state index in [1.807, 2.05) is 37.3 Å². The van der Waals surface area contributed by atoms with Crippen molar-refractivity contribution in [1.82, 2.24) is 0 Å². The topological polar surface area (TPSA) is 102 Å². The molecule has 2 heterocycles. The van der Waals surface area contributed by atoms with Gasteiger partial charge in [0.15, 0.2) is 5.78 Å². The lowest BCUT2D eigenvalue weighted by Crippen LogP contribution is -2.53. The predicted molar refractivity (Wildman–Crippen MR) is 135 cm³/mol. The molecule has 3 N–H and O–H groups in total. The summed E-state index contributed by atoms with van der Waals surface area (Å²) in [4.78, 5) is 42.5. The van der Waals surface area contributed by atoms with Gasteiger partial charge < -0.3 is 15.8 Å². The van der Waals surface area contributed by atoms with Gasteiger partial charge in [0.05, 0.1) is 12.8 Å². The highest BCUT2D eigenvalue weighted by atomic mass is 79.9. The fraction of sp³-hybridized carbons (Fsp3) is 0.240. The summed E-state index contributed by atoms with van der Waals surface area (Å²) in [6.45, 7) is 1.90. The molecule has 2 aromatic rings. The van der Waals surface area contributed by atoms with Crippen LogP contribution in [0.25, 0.3) is 0 Å². The zero-order valence-corrected chi connectivity index (χ0v) is 21.7. The van der Waals surface area contributed by atoms with Crippen LogP contribution in [0.15, 0.2) is 68.0 Å². The van der Waals surface area contributed by atoms with Crippen molar-refractivity contribution in [2.24, 2.45) is 5.73 Å². The number of nitrogens with zero attached hydrogens (tertiary/aromatic N) is 1. The molecule has 0 radical (unpaired) electrons. The van der Waals surface area contributed by atoms with Crippen molar-refractivity contribution in [3.05, 3.63) is 79.1 Å². The molecule has 3 aliphatic rings. The fourth-order valence-electron chi connectivity index (χ4n) is 5.26. The second-order valence-corrected chi connectivity index (χ2v) is 10.3. The number of ether oxygens (including phenoxy) is 1. The summed E-state index contributed by atoms with van der Waals surface area (Å²) >= 11 is 7.04. The van der Waals surface area contributed by atoms with Crippen molar-refractivity contribution in [3.63, 3.8) is 0 Å². The number of anilines is 2. The number of nitrogens with one attached hydrogen (secondary N) is 1. The van der Waals surface area contributed by atoms with Crippen LogP contribution in [0, 0.1) is 6.92 Å². The number of Topliss-reactive ketones (excluding diaryl/α,β-unsaturated/α-hetero) is 1. The van der Waals surface area contributed by atoms with E-state index in [-0.39, 0.29) is 29.2 Å². The number of methoxy groups -OCH3 is 1. The third kappa shape index (κ3) is 3.03. The highest BCUT2D eigenvalue weighted by Crippen LogP contribution is 2.56. The van der Waals surface area contributed by atoms with Crippen LogP contribution >= 0.6 is 31.9 Å². The van der Waals surface area contributed by atoms with Gasteiger partial charge in [-0.2, -0.15) is 0 Å². The van der Waals surface area contributed by atoms with E-state index in [0.29, 0.717) is 39.9 Å². The summed E-state index contributed by atoms with van der Waals surface area (Å²) in [7, 11) is 1.24. The molecule has 1 spiro atoms. The number of benzene rings is 2. The van der Waals surface area contributed by atoms with Gasteiger partial charge >= 0.3 is 5.97 Å². The van der Waals surface area contributed by atoms with Gasteiger partial charge in [-0.25, -0.2) is 4.79 Å². The van der Waals surface area contributed by atoms with Crippen LogP contribution in [-0.2, 0) is 24.5 Å². The molecule has 0 bridgehead atoms. The number of halogens is 2. The van der Waals surface area contributed by atoms with E-state index in [1.54, 1.807) is 11.0 Å². The van der Waals surface area contributed by atoms with Crippen LogP contribution < -0.4 is 16.0 Å². The van der Waals surface area contributed by atoms with Crippen LogP contribution in [0.3, 0.4) is 0 Å². The predicted octanol–water partition coefficient (Wildman–Crippen LogP) is 4.58. The first-order valence-electron chi connectivity index (χ1n) is 10.7. The van der Waals surface area contributed by atoms with E-state index in [2.05, 4.69) is 37.2 Å². The van der Waals surface area contributed by atoms with E-state index in [0.717, 1.165) is 10.0 Å². The Kier molecular flexibility index (Phi) is 5.44. The number of allylic oxidation sites excluding steroid dienone is 1. The van der Waals surface area contributed by atoms with E-state index in [9.17, 15) is 14.4 Å². The molecule has 0 fully saturated rings. The third-order valence-corrected chi connectivity index (χ3v) is 7.74. The lowest BCUT2D eigenvalue weighted by molar-refractivity contribution is -0.138. The number of rotatable bonds is 2. The molecule has 34 heavy (non-hydrogen) atoms. The Morgan fingerprint density at radius 3 is 2.62 bits per heavy atom. The van der Waals surface area contributed by atoms with E-state index in [4.69, 9.17) is 10.5 Å². The van der Waals surface area contributed by atoms with E-state index < -0.39 is 17.3 Å². The minimum atomic E-state index is -1.68. The number of carbonyl (C=O) groups is 3. The molecule has 9 heteroatoms. The number of carbonyl (C=O) groups excluding carboxylic acids is 3. The Bertz CT molecular complexity index is 1360. The maximum Gasteiger partial charge on any atom is 0.339 e. The first-order chi connectivity index (χ1) is 16.2. The lowest BCUT2D eigenvalue weighted by atomic mass is 9.63. The van der Waals surface area contributed by atoms with Crippen molar-refractivity contribution >= 4 is 60.9 Å². The highest BCUT2D eigenvalue weighted by molar-refractivity contribution is 9.11. The van der Waals surface area contributed by atoms with Gasteiger partial charge in [-0.15, -0.1) is 0 Å². The van der Waals surface area contributed by atoms with Gasteiger partial charge in [0.2, 0.25) is 5.91 Å². The molecular weight excluding hydrogens is 566 g/mol. The van der Waals surface area contributed by atoms with Crippen LogP contribution in [0.5, 0.6) is 0 Å². The van der Waals surface area contributed by atoms with Crippen molar-refractivity contribution in [1.29, 1.82) is 0 Å². The quantitative estimate of drug-likeness (QED) is 0.500. The highest BCUT2D eigenvalue weighted by Gasteiger charge is 2.62. The molecule has 0 saturated carbocycles. The normalized spacial score (nSPS) is 21.6. The summed E-state index contributed by atoms with van der Waals surface area (Å²) in [5.74, 6) is -1.36. The number of fused-ring (bicyclic) bond motifs is 3. The molecule has 0 saturated heterocycles. The number of esters is 1. The van der Waals surface area contributed by atoms with Crippen LogP contribution in [0.2, 0.25) is 0 Å². The van der Waals surface area contributed by atoms with Gasteiger partial charge in [-0.05, 0) is 60.0 Å². The van der Waals surface area contributed by atoms with Gasteiger partial charge in [0.25, 0.3) is 0 Å². The number of aryl methyl sites for hydroxylation is 1. The van der Waals surface area contributed by atoms with Crippen LogP contribution in [-0.4, -0.2) is 24.8 Å². The van der Waals surface area contributed by atoms with Crippen LogP contribution in [0.4, 0.5) is 11.4 Å². The largest absolute Gasteiger partial charge is 0.466 e. The minimum Gasteiger partial charge on any atom is -0.466 e. The average Bonchev–Trinajstić information content (AvgIpc) is 3.06. The Morgan fingerprint density at radius 2 is 1.91 bits per heavy atom. The molecule has 174 valence electrons. The Labute approximate surface area is 213 Å². The number of hydrogen-bond acceptors (Lipinski definition) is 6. The van der Waals surface area contributed by atoms with Crippen LogP contribution in [0.1, 0.15) is 30.4 Å². The molecule has 7 nitrogen and oxygen atoms in total. The molecule has 1 unspecified atom stereocenters. The summed E-state index contributed by atoms with van der Waals surface area (Å²) in [6, 6.07) is 11.0. The standard InChI is InChI=1S/C25H21Br2N3O4/c1-12-6-8-16-14(10-12)25(24(33)29-16)20-18(4-3-5-19(20)31)30(22(28)21(25)23(32)34-2)17-9-7-13(26)11-15(17)27/h6-11H,3-5,28H2,1-2H3,(H,29,33). The van der Waals surface area contributed by atoms with Gasteiger partial charge in [-0.3, -0.25) is 14.5 Å². The van der Waals surface area contributed by atoms with Crippen molar-refractivity contribution in [2.75, 3.05) is 17.3 Å². The monoisotopic (exact) mass is 585 g/mol. The third-order valence-electron chi connectivity index (χ3n) is 6.61. The molecule has 1 amide bonds. The second kappa shape index (κ2) is 8.09. The van der Waals surface area contributed by atoms with Gasteiger partial charge in [0, 0.05) is 37.9 Å². The maximum atomic E-state index is 13.8. The van der Waals surface area contributed by atoms with E-state index >= 15 is 0 Å². The first kappa shape index (κ1) is 22.9. The maximum absolute atomic E-state index is 13.8. The van der Waals surface area contributed by atoms with E-state index in [1.165, 1.54) is 7.11 Å². The zero-order valence-electron chi connectivity index (χ0n) is 18.5. The molecule has 1 aliphatic carbocycles. The Balaban J connectivity index is 1.93. The Morgan fingerprint density at radius 1 is 1.15 bits per heavy atom. The number of amides is 1. The SMILES string of the molecule is COC(=O)C1=C(N)N(c2ccc(Br)cc2Br)C2=C(C(=O)CCC2)C12C(=O)Nc1ccc(C)cc12. The number of ketones is 1. The molecule has 2 aromatic carbocycles. The molecular formula is C25H21Br2N3O4.